The molecule has 0 saturated carbocycles. The first kappa shape index (κ1) is 27.0. The van der Waals surface area contributed by atoms with Crippen LogP contribution >= 0.6 is 0 Å². The Labute approximate surface area is 233 Å². The van der Waals surface area contributed by atoms with Crippen molar-refractivity contribution in [1.82, 2.24) is 0 Å². The van der Waals surface area contributed by atoms with Gasteiger partial charge in [-0.15, -0.1) is 11.8 Å². The minimum Gasteiger partial charge on any atom is -0.497 e. The standard InChI is InChI=1S/C36H28O2Si/c1-5-11-31-13-7-9-15-35(31)39(36-16-10-8-14-32(36)12-6-2,27-25-29-17-21-33(37-3)22-18-29)28-26-30-19-23-34(38-4)24-20-30/h7-10,13-24H,1-4H3. The molecular formula is C36H28O2Si. The van der Waals surface area contributed by atoms with Crippen molar-refractivity contribution in [3.05, 3.63) is 119 Å². The second kappa shape index (κ2) is 12.9. The Bertz CT molecular complexity index is 1570. The first-order valence-corrected chi connectivity index (χ1v) is 14.5. The summed E-state index contributed by atoms with van der Waals surface area (Å²) in [5.41, 5.74) is 11.1. The molecule has 4 aromatic carbocycles. The van der Waals surface area contributed by atoms with Crippen molar-refractivity contribution >= 4 is 18.4 Å². The molecule has 0 fully saturated rings. The van der Waals surface area contributed by atoms with Crippen LogP contribution in [-0.2, 0) is 0 Å². The lowest BCUT2D eigenvalue weighted by molar-refractivity contribution is 0.414. The molecule has 4 aromatic rings. The van der Waals surface area contributed by atoms with E-state index in [4.69, 9.17) is 9.47 Å². The smallest absolute Gasteiger partial charge is 0.279 e. The van der Waals surface area contributed by atoms with Gasteiger partial charge < -0.3 is 9.47 Å². The fourth-order valence-electron chi connectivity index (χ4n) is 4.23. The largest absolute Gasteiger partial charge is 0.497 e. The summed E-state index contributed by atoms with van der Waals surface area (Å²) < 4.78 is 10.7. The first-order chi connectivity index (χ1) is 19.1. The summed E-state index contributed by atoms with van der Waals surface area (Å²) in [6.07, 6.45) is 0. The van der Waals surface area contributed by atoms with E-state index in [1.807, 2.05) is 98.8 Å². The molecule has 0 aliphatic rings. The molecule has 0 aromatic heterocycles. The van der Waals surface area contributed by atoms with Crippen LogP contribution in [0.25, 0.3) is 0 Å². The van der Waals surface area contributed by atoms with E-state index >= 15 is 0 Å². The average molecular weight is 521 g/mol. The van der Waals surface area contributed by atoms with Gasteiger partial charge in [0.25, 0.3) is 8.07 Å². The topological polar surface area (TPSA) is 18.5 Å². The van der Waals surface area contributed by atoms with Crippen LogP contribution < -0.4 is 19.8 Å². The number of hydrogen-bond donors (Lipinski definition) is 0. The Morgan fingerprint density at radius 2 is 0.872 bits per heavy atom. The highest BCUT2D eigenvalue weighted by atomic mass is 28.3. The second-order valence-corrected chi connectivity index (χ2v) is 11.6. The molecule has 0 amide bonds. The molecule has 0 saturated heterocycles. The molecule has 39 heavy (non-hydrogen) atoms. The molecule has 2 nitrogen and oxygen atoms in total. The molecule has 0 aliphatic carbocycles. The average Bonchev–Trinajstić information content (AvgIpc) is 2.99. The highest BCUT2D eigenvalue weighted by molar-refractivity contribution is 7.14. The molecule has 0 atom stereocenters. The monoisotopic (exact) mass is 520 g/mol. The van der Waals surface area contributed by atoms with Gasteiger partial charge in [-0.25, -0.2) is 0 Å². The van der Waals surface area contributed by atoms with Crippen LogP contribution in [0.3, 0.4) is 0 Å². The zero-order valence-electron chi connectivity index (χ0n) is 22.6. The molecule has 0 unspecified atom stereocenters. The van der Waals surface area contributed by atoms with E-state index in [1.54, 1.807) is 14.2 Å². The van der Waals surface area contributed by atoms with Crippen molar-refractivity contribution in [3.8, 4) is 58.1 Å². The van der Waals surface area contributed by atoms with Crippen molar-refractivity contribution in [3.63, 3.8) is 0 Å². The fourth-order valence-corrected chi connectivity index (χ4v) is 7.58. The van der Waals surface area contributed by atoms with E-state index < -0.39 is 8.07 Å². The van der Waals surface area contributed by atoms with E-state index in [1.165, 1.54) is 0 Å². The van der Waals surface area contributed by atoms with Crippen LogP contribution in [0.2, 0.25) is 0 Å². The van der Waals surface area contributed by atoms with Crippen molar-refractivity contribution in [2.45, 2.75) is 13.8 Å². The van der Waals surface area contributed by atoms with Crippen molar-refractivity contribution in [1.29, 1.82) is 0 Å². The number of hydrogen-bond acceptors (Lipinski definition) is 2. The number of rotatable bonds is 4. The number of benzene rings is 4. The highest BCUT2D eigenvalue weighted by Crippen LogP contribution is 2.15. The van der Waals surface area contributed by atoms with E-state index in [-0.39, 0.29) is 0 Å². The maximum atomic E-state index is 5.34. The third-order valence-corrected chi connectivity index (χ3v) is 9.64. The Kier molecular flexibility index (Phi) is 8.96. The molecule has 0 bridgehead atoms. The lowest BCUT2D eigenvalue weighted by Gasteiger charge is -2.24. The molecule has 0 aliphatic heterocycles. The van der Waals surface area contributed by atoms with Gasteiger partial charge in [0, 0.05) is 22.3 Å². The molecule has 4 rings (SSSR count). The van der Waals surface area contributed by atoms with E-state index in [0.717, 1.165) is 44.1 Å². The predicted molar refractivity (Wildman–Crippen MR) is 163 cm³/mol. The van der Waals surface area contributed by atoms with E-state index in [2.05, 4.69) is 58.7 Å². The Hall–Kier alpha value is -5.06. The molecule has 0 radical (unpaired) electrons. The predicted octanol–water partition coefficient (Wildman–Crippen LogP) is 5.19. The number of ether oxygens (including phenoxy) is 2. The van der Waals surface area contributed by atoms with Gasteiger partial charge >= 0.3 is 0 Å². The van der Waals surface area contributed by atoms with Gasteiger partial charge in [0.15, 0.2) is 0 Å². The fraction of sp³-hybridized carbons (Fsp3) is 0.111. The van der Waals surface area contributed by atoms with Crippen LogP contribution in [-0.4, -0.2) is 22.3 Å². The Morgan fingerprint density at radius 1 is 0.487 bits per heavy atom. The molecule has 0 N–H and O–H groups in total. The molecule has 0 spiro atoms. The summed E-state index contributed by atoms with van der Waals surface area (Å²) in [6, 6.07) is 32.0. The highest BCUT2D eigenvalue weighted by Gasteiger charge is 2.38. The van der Waals surface area contributed by atoms with E-state index in [9.17, 15) is 0 Å². The van der Waals surface area contributed by atoms with Gasteiger partial charge in [-0.3, -0.25) is 0 Å². The maximum Gasteiger partial charge on any atom is 0.279 e. The van der Waals surface area contributed by atoms with Gasteiger partial charge in [-0.05, 0) is 84.9 Å². The summed E-state index contributed by atoms with van der Waals surface area (Å²) in [5.74, 6) is 21.3. The minimum absolute atomic E-state index is 0.787. The van der Waals surface area contributed by atoms with Gasteiger partial charge in [-0.2, -0.15) is 0 Å². The summed E-state index contributed by atoms with van der Waals surface area (Å²) in [7, 11) is 0.205. The molecule has 0 heterocycles. The van der Waals surface area contributed by atoms with E-state index in [0.29, 0.717) is 0 Å². The summed E-state index contributed by atoms with van der Waals surface area (Å²) in [4.78, 5) is 0. The SMILES string of the molecule is CC#Cc1ccccc1[Si](C#Cc1ccc(OC)cc1)(C#Cc1ccc(OC)cc1)c1ccccc1C#CC. The minimum atomic E-state index is -3.11. The third kappa shape index (κ3) is 6.26. The zero-order chi connectivity index (χ0) is 27.5. The quantitative estimate of drug-likeness (QED) is 0.272. The van der Waals surface area contributed by atoms with Crippen LogP contribution in [0, 0.1) is 46.6 Å². The van der Waals surface area contributed by atoms with Crippen molar-refractivity contribution in [2.24, 2.45) is 0 Å². The second-order valence-electron chi connectivity index (χ2n) is 8.55. The van der Waals surface area contributed by atoms with Gasteiger partial charge in [-0.1, -0.05) is 71.2 Å². The summed E-state index contributed by atoms with van der Waals surface area (Å²) in [5, 5.41) is 2.10. The van der Waals surface area contributed by atoms with Gasteiger partial charge in [0.05, 0.1) is 14.2 Å². The van der Waals surface area contributed by atoms with Crippen molar-refractivity contribution in [2.75, 3.05) is 14.2 Å². The van der Waals surface area contributed by atoms with Crippen LogP contribution in [0.1, 0.15) is 36.1 Å². The molecule has 3 heteroatoms. The molecule has 188 valence electrons. The van der Waals surface area contributed by atoms with Gasteiger partial charge in [0.2, 0.25) is 0 Å². The lowest BCUT2D eigenvalue weighted by atomic mass is 10.2. The van der Waals surface area contributed by atoms with Crippen molar-refractivity contribution < 1.29 is 9.47 Å². The Balaban J connectivity index is 2.08. The number of methoxy groups -OCH3 is 2. The first-order valence-electron chi connectivity index (χ1n) is 12.5. The van der Waals surface area contributed by atoms with Crippen LogP contribution in [0.5, 0.6) is 11.5 Å². The van der Waals surface area contributed by atoms with Crippen LogP contribution in [0.15, 0.2) is 97.1 Å². The third-order valence-electron chi connectivity index (χ3n) is 6.15. The maximum absolute atomic E-state index is 5.34. The zero-order valence-corrected chi connectivity index (χ0v) is 23.6. The molecular weight excluding hydrogens is 492 g/mol. The lowest BCUT2D eigenvalue weighted by Crippen LogP contribution is -2.59. The Morgan fingerprint density at radius 3 is 1.23 bits per heavy atom. The summed E-state index contributed by atoms with van der Waals surface area (Å²) in [6.45, 7) is 3.70. The van der Waals surface area contributed by atoms with Gasteiger partial charge in [0.1, 0.15) is 11.5 Å². The summed E-state index contributed by atoms with van der Waals surface area (Å²) >= 11 is 0. The normalized spacial score (nSPS) is 9.74. The van der Waals surface area contributed by atoms with Crippen LogP contribution in [0.4, 0.5) is 0 Å².